The first kappa shape index (κ1) is 13.9. The lowest BCUT2D eigenvalue weighted by Crippen LogP contribution is -2.29. The van der Waals surface area contributed by atoms with Crippen LogP contribution in [0.1, 0.15) is 11.6 Å². The molecule has 20 heavy (non-hydrogen) atoms. The first-order valence-corrected chi connectivity index (χ1v) is 5.75. The smallest absolute Gasteiger partial charge is 0.244 e. The molecule has 3 nitrogen and oxygen atoms in total. The van der Waals surface area contributed by atoms with Crippen molar-refractivity contribution in [3.63, 3.8) is 0 Å². The number of carbonyl (C=O) groups excluding carboxylic acids is 1. The van der Waals surface area contributed by atoms with Crippen LogP contribution in [0, 0.1) is 17.5 Å². The van der Waals surface area contributed by atoms with E-state index in [-0.39, 0.29) is 11.3 Å². The Morgan fingerprint density at radius 3 is 2.30 bits per heavy atom. The van der Waals surface area contributed by atoms with Crippen molar-refractivity contribution < 1.29 is 18.0 Å². The molecule has 0 bridgehead atoms. The van der Waals surface area contributed by atoms with Gasteiger partial charge in [-0.25, -0.2) is 13.2 Å². The summed E-state index contributed by atoms with van der Waals surface area (Å²) in [5.74, 6) is -3.88. The van der Waals surface area contributed by atoms with Gasteiger partial charge < -0.3 is 11.1 Å². The first-order valence-electron chi connectivity index (χ1n) is 5.75. The molecular weight excluding hydrogens is 269 g/mol. The Kier molecular flexibility index (Phi) is 3.93. The number of nitrogens with two attached hydrogens (primary N) is 1. The Hall–Kier alpha value is -2.50. The minimum Gasteiger partial charge on any atom is -0.368 e. The van der Waals surface area contributed by atoms with Gasteiger partial charge in [0.2, 0.25) is 5.91 Å². The zero-order chi connectivity index (χ0) is 14.7. The molecule has 0 aliphatic heterocycles. The number of primary amides is 1. The molecule has 1 unspecified atom stereocenters. The summed E-state index contributed by atoms with van der Waals surface area (Å²) in [4.78, 5) is 11.4. The highest BCUT2D eigenvalue weighted by molar-refractivity contribution is 5.84. The Morgan fingerprint density at radius 1 is 1.00 bits per heavy atom. The average molecular weight is 280 g/mol. The van der Waals surface area contributed by atoms with Crippen LogP contribution in [0.4, 0.5) is 18.9 Å². The van der Waals surface area contributed by atoms with Gasteiger partial charge >= 0.3 is 0 Å². The molecule has 6 heteroatoms. The van der Waals surface area contributed by atoms with E-state index in [1.54, 1.807) is 0 Å². The van der Waals surface area contributed by atoms with E-state index in [4.69, 9.17) is 5.73 Å². The summed E-state index contributed by atoms with van der Waals surface area (Å²) in [6, 6.07) is 7.52. The summed E-state index contributed by atoms with van der Waals surface area (Å²) in [7, 11) is 0. The molecule has 0 radical (unpaired) electrons. The maximum Gasteiger partial charge on any atom is 0.244 e. The maximum absolute atomic E-state index is 13.7. The number of hydrogen-bond acceptors (Lipinski definition) is 2. The van der Waals surface area contributed by atoms with Gasteiger partial charge in [0.15, 0.2) is 11.6 Å². The lowest BCUT2D eigenvalue weighted by atomic mass is 10.0. The minimum atomic E-state index is -1.37. The summed E-state index contributed by atoms with van der Waals surface area (Å²) in [5, 5.41) is 2.47. The van der Waals surface area contributed by atoms with Crippen molar-refractivity contribution >= 4 is 11.6 Å². The molecule has 1 atom stereocenters. The highest BCUT2D eigenvalue weighted by Crippen LogP contribution is 2.24. The molecule has 104 valence electrons. The van der Waals surface area contributed by atoms with Crippen molar-refractivity contribution in [2.45, 2.75) is 6.04 Å². The second kappa shape index (κ2) is 5.64. The maximum atomic E-state index is 13.7. The molecule has 2 rings (SSSR count). The van der Waals surface area contributed by atoms with Crippen molar-refractivity contribution in [2.24, 2.45) is 5.73 Å². The van der Waals surface area contributed by atoms with Crippen molar-refractivity contribution in [1.29, 1.82) is 0 Å². The van der Waals surface area contributed by atoms with Crippen LogP contribution in [0.15, 0.2) is 42.5 Å². The number of benzene rings is 2. The average Bonchev–Trinajstić information content (AvgIpc) is 2.41. The molecular formula is C14H11F3N2O. The minimum absolute atomic E-state index is 0.0278. The van der Waals surface area contributed by atoms with Gasteiger partial charge in [-0.15, -0.1) is 0 Å². The number of hydrogen-bond donors (Lipinski definition) is 2. The van der Waals surface area contributed by atoms with Crippen LogP contribution in [0.3, 0.4) is 0 Å². The predicted molar refractivity (Wildman–Crippen MR) is 68.3 cm³/mol. The van der Waals surface area contributed by atoms with E-state index in [0.717, 1.165) is 6.07 Å². The molecule has 0 heterocycles. The molecule has 0 saturated heterocycles. The molecule has 0 fully saturated rings. The quantitative estimate of drug-likeness (QED) is 0.904. The van der Waals surface area contributed by atoms with Crippen LogP contribution >= 0.6 is 0 Å². The van der Waals surface area contributed by atoms with Crippen LogP contribution < -0.4 is 11.1 Å². The second-order valence-corrected chi connectivity index (χ2v) is 4.10. The van der Waals surface area contributed by atoms with E-state index < -0.39 is 29.4 Å². The number of carbonyl (C=O) groups is 1. The Balaban J connectivity index is 2.40. The molecule has 2 aromatic rings. The topological polar surface area (TPSA) is 55.1 Å². The Morgan fingerprint density at radius 2 is 1.65 bits per heavy atom. The molecule has 0 aromatic heterocycles. The fraction of sp³-hybridized carbons (Fsp3) is 0.0714. The van der Waals surface area contributed by atoms with Crippen molar-refractivity contribution in [1.82, 2.24) is 0 Å². The summed E-state index contributed by atoms with van der Waals surface area (Å²) < 4.78 is 40.4. The molecule has 0 aliphatic rings. The van der Waals surface area contributed by atoms with E-state index in [1.807, 2.05) is 0 Å². The molecule has 1 amide bonds. The van der Waals surface area contributed by atoms with Crippen LogP contribution in [-0.2, 0) is 4.79 Å². The number of amides is 1. The van der Waals surface area contributed by atoms with E-state index in [2.05, 4.69) is 5.32 Å². The number of rotatable bonds is 4. The van der Waals surface area contributed by atoms with Crippen LogP contribution in [-0.4, -0.2) is 5.91 Å². The van der Waals surface area contributed by atoms with Crippen LogP contribution in [0.25, 0.3) is 0 Å². The standard InChI is InChI=1S/C14H11F3N2O/c15-9-5-1-2-7-11(9)19-13(14(18)20)8-4-3-6-10(16)12(8)17/h1-7,13,19H,(H2,18,20). The van der Waals surface area contributed by atoms with Gasteiger partial charge in [-0.1, -0.05) is 24.3 Å². The van der Waals surface area contributed by atoms with Gasteiger partial charge in [0.1, 0.15) is 11.9 Å². The number of para-hydroxylation sites is 1. The van der Waals surface area contributed by atoms with Gasteiger partial charge in [0, 0.05) is 5.56 Å². The van der Waals surface area contributed by atoms with Gasteiger partial charge in [0.25, 0.3) is 0 Å². The fourth-order valence-electron chi connectivity index (χ4n) is 1.78. The van der Waals surface area contributed by atoms with E-state index in [9.17, 15) is 18.0 Å². The molecule has 2 aromatic carbocycles. The van der Waals surface area contributed by atoms with Gasteiger partial charge in [-0.05, 0) is 18.2 Å². The van der Waals surface area contributed by atoms with E-state index in [0.29, 0.717) is 0 Å². The van der Waals surface area contributed by atoms with Crippen LogP contribution in [0.2, 0.25) is 0 Å². The van der Waals surface area contributed by atoms with Gasteiger partial charge in [-0.3, -0.25) is 4.79 Å². The van der Waals surface area contributed by atoms with Gasteiger partial charge in [-0.2, -0.15) is 0 Å². The highest BCUT2D eigenvalue weighted by Gasteiger charge is 2.23. The third kappa shape index (κ3) is 2.74. The zero-order valence-corrected chi connectivity index (χ0v) is 10.2. The molecule has 3 N–H and O–H groups in total. The highest BCUT2D eigenvalue weighted by atomic mass is 19.2. The third-order valence-corrected chi connectivity index (χ3v) is 2.75. The molecule has 0 spiro atoms. The van der Waals surface area contributed by atoms with Crippen LogP contribution in [0.5, 0.6) is 0 Å². The van der Waals surface area contributed by atoms with Crippen molar-refractivity contribution in [3.05, 3.63) is 65.5 Å². The third-order valence-electron chi connectivity index (χ3n) is 2.75. The SMILES string of the molecule is NC(=O)C(Nc1ccccc1F)c1cccc(F)c1F. The summed E-state index contributed by atoms with van der Waals surface area (Å²) in [6.45, 7) is 0. The monoisotopic (exact) mass is 280 g/mol. The Bertz CT molecular complexity index is 646. The van der Waals surface area contributed by atoms with E-state index in [1.165, 1.54) is 36.4 Å². The summed E-state index contributed by atoms with van der Waals surface area (Å²) in [5.41, 5.74) is 4.87. The lowest BCUT2D eigenvalue weighted by molar-refractivity contribution is -0.118. The summed E-state index contributed by atoms with van der Waals surface area (Å²) in [6.07, 6.45) is 0. The lowest BCUT2D eigenvalue weighted by Gasteiger charge is -2.18. The number of nitrogens with one attached hydrogen (secondary N) is 1. The Labute approximate surface area is 113 Å². The fourth-order valence-corrected chi connectivity index (χ4v) is 1.78. The molecule has 0 aliphatic carbocycles. The molecule has 0 saturated carbocycles. The first-order chi connectivity index (χ1) is 9.50. The second-order valence-electron chi connectivity index (χ2n) is 4.10. The number of halogens is 3. The van der Waals surface area contributed by atoms with Crippen molar-refractivity contribution in [2.75, 3.05) is 5.32 Å². The zero-order valence-electron chi connectivity index (χ0n) is 10.2. The number of anilines is 1. The summed E-state index contributed by atoms with van der Waals surface area (Å²) >= 11 is 0. The predicted octanol–water partition coefficient (Wildman–Crippen LogP) is 2.74. The normalized spacial score (nSPS) is 11.9. The van der Waals surface area contributed by atoms with Crippen molar-refractivity contribution in [3.8, 4) is 0 Å². The largest absolute Gasteiger partial charge is 0.368 e. The van der Waals surface area contributed by atoms with Gasteiger partial charge in [0.05, 0.1) is 5.69 Å². The van der Waals surface area contributed by atoms with E-state index >= 15 is 0 Å².